The minimum absolute atomic E-state index is 0.0269. The van der Waals surface area contributed by atoms with Crippen molar-refractivity contribution in [2.24, 2.45) is 0 Å². The summed E-state index contributed by atoms with van der Waals surface area (Å²) < 4.78 is 5.52. The number of urea groups is 1. The molecule has 1 saturated carbocycles. The van der Waals surface area contributed by atoms with E-state index in [0.29, 0.717) is 18.3 Å². The van der Waals surface area contributed by atoms with E-state index < -0.39 is 0 Å². The maximum atomic E-state index is 12.1. The molecular formula is C15H21N3O2. The van der Waals surface area contributed by atoms with Crippen LogP contribution in [0, 0.1) is 0 Å². The molecule has 5 heteroatoms. The van der Waals surface area contributed by atoms with Gasteiger partial charge in [0, 0.05) is 18.2 Å². The van der Waals surface area contributed by atoms with Gasteiger partial charge in [0.05, 0.1) is 11.6 Å². The molecular weight excluding hydrogens is 254 g/mol. The number of nitrogens with zero attached hydrogens (tertiary/aromatic N) is 1. The van der Waals surface area contributed by atoms with Crippen LogP contribution in [0.25, 0.3) is 0 Å². The Bertz CT molecular complexity index is 516. The minimum atomic E-state index is -0.307. The van der Waals surface area contributed by atoms with Gasteiger partial charge < -0.3 is 10.1 Å². The summed E-state index contributed by atoms with van der Waals surface area (Å²) in [5.74, 6) is 1.20. The second-order valence-corrected chi connectivity index (χ2v) is 5.98. The van der Waals surface area contributed by atoms with E-state index in [4.69, 9.17) is 4.74 Å². The molecule has 0 aromatic carbocycles. The Kier molecular flexibility index (Phi) is 3.38. The Morgan fingerprint density at radius 3 is 2.90 bits per heavy atom. The van der Waals surface area contributed by atoms with Gasteiger partial charge in [0.1, 0.15) is 5.82 Å². The van der Waals surface area contributed by atoms with Gasteiger partial charge in [-0.2, -0.15) is 0 Å². The SMILES string of the molecule is CC1OCCC1(C)NC(=O)Nc1cccc(C2CC2)n1. The lowest BCUT2D eigenvalue weighted by atomic mass is 9.95. The number of pyridine rings is 1. The first-order valence-electron chi connectivity index (χ1n) is 7.24. The number of hydrogen-bond acceptors (Lipinski definition) is 3. The first-order chi connectivity index (χ1) is 9.57. The number of ether oxygens (including phenoxy) is 1. The highest BCUT2D eigenvalue weighted by Crippen LogP contribution is 2.39. The maximum Gasteiger partial charge on any atom is 0.320 e. The Labute approximate surface area is 119 Å². The summed E-state index contributed by atoms with van der Waals surface area (Å²) in [5, 5.41) is 5.82. The molecule has 1 aliphatic heterocycles. The van der Waals surface area contributed by atoms with Gasteiger partial charge in [-0.15, -0.1) is 0 Å². The molecule has 1 aliphatic carbocycles. The number of nitrogens with one attached hydrogen (secondary N) is 2. The number of hydrogen-bond donors (Lipinski definition) is 2. The average molecular weight is 275 g/mol. The quantitative estimate of drug-likeness (QED) is 0.891. The third-order valence-electron chi connectivity index (χ3n) is 4.29. The number of carbonyl (C=O) groups excluding carboxylic acids is 1. The van der Waals surface area contributed by atoms with Crippen molar-refractivity contribution in [2.75, 3.05) is 11.9 Å². The highest BCUT2D eigenvalue weighted by molar-refractivity contribution is 5.88. The van der Waals surface area contributed by atoms with Crippen molar-refractivity contribution in [3.8, 4) is 0 Å². The van der Waals surface area contributed by atoms with Crippen molar-refractivity contribution in [3.05, 3.63) is 23.9 Å². The lowest BCUT2D eigenvalue weighted by Gasteiger charge is -2.28. The first-order valence-corrected chi connectivity index (χ1v) is 7.24. The zero-order chi connectivity index (χ0) is 14.2. The normalized spacial score (nSPS) is 29.2. The molecule has 2 heterocycles. The van der Waals surface area contributed by atoms with Crippen molar-refractivity contribution in [2.45, 2.75) is 50.7 Å². The van der Waals surface area contributed by atoms with Crippen molar-refractivity contribution >= 4 is 11.8 Å². The molecule has 0 radical (unpaired) electrons. The second kappa shape index (κ2) is 5.05. The highest BCUT2D eigenvalue weighted by atomic mass is 16.5. The molecule has 0 bridgehead atoms. The molecule has 2 aliphatic rings. The van der Waals surface area contributed by atoms with Gasteiger partial charge in [0.15, 0.2) is 0 Å². The summed E-state index contributed by atoms with van der Waals surface area (Å²) in [7, 11) is 0. The predicted molar refractivity (Wildman–Crippen MR) is 76.8 cm³/mol. The van der Waals surface area contributed by atoms with Crippen molar-refractivity contribution in [1.29, 1.82) is 0 Å². The van der Waals surface area contributed by atoms with E-state index in [2.05, 4.69) is 15.6 Å². The van der Waals surface area contributed by atoms with Crippen molar-refractivity contribution in [3.63, 3.8) is 0 Å². The minimum Gasteiger partial charge on any atom is -0.376 e. The molecule has 5 nitrogen and oxygen atoms in total. The summed E-state index contributed by atoms with van der Waals surface area (Å²) in [6.45, 7) is 4.69. The molecule has 2 N–H and O–H groups in total. The van der Waals surface area contributed by atoms with Crippen LogP contribution in [0.3, 0.4) is 0 Å². The van der Waals surface area contributed by atoms with Crippen LogP contribution in [0.5, 0.6) is 0 Å². The Hall–Kier alpha value is -1.62. The van der Waals surface area contributed by atoms with E-state index >= 15 is 0 Å². The number of amides is 2. The Morgan fingerprint density at radius 1 is 1.45 bits per heavy atom. The van der Waals surface area contributed by atoms with Crippen LogP contribution >= 0.6 is 0 Å². The van der Waals surface area contributed by atoms with Gasteiger partial charge in [-0.3, -0.25) is 5.32 Å². The van der Waals surface area contributed by atoms with E-state index in [0.717, 1.165) is 12.1 Å². The van der Waals surface area contributed by atoms with Gasteiger partial charge in [0.25, 0.3) is 0 Å². The summed E-state index contributed by atoms with van der Waals surface area (Å²) in [4.78, 5) is 16.6. The molecule has 1 aromatic rings. The third kappa shape index (κ3) is 2.77. The van der Waals surface area contributed by atoms with Crippen LogP contribution in [0.4, 0.5) is 10.6 Å². The average Bonchev–Trinajstić information content (AvgIpc) is 3.18. The van der Waals surface area contributed by atoms with Gasteiger partial charge in [0.2, 0.25) is 0 Å². The van der Waals surface area contributed by atoms with Crippen LogP contribution in [0.2, 0.25) is 0 Å². The van der Waals surface area contributed by atoms with Gasteiger partial charge in [-0.05, 0) is 45.2 Å². The van der Waals surface area contributed by atoms with E-state index in [1.807, 2.05) is 32.0 Å². The maximum absolute atomic E-state index is 12.1. The molecule has 108 valence electrons. The molecule has 3 rings (SSSR count). The molecule has 0 spiro atoms. The highest BCUT2D eigenvalue weighted by Gasteiger charge is 2.38. The van der Waals surface area contributed by atoms with Gasteiger partial charge in [-0.1, -0.05) is 6.07 Å². The molecule has 1 aromatic heterocycles. The van der Waals surface area contributed by atoms with Crippen LogP contribution in [-0.4, -0.2) is 29.3 Å². The van der Waals surface area contributed by atoms with E-state index in [9.17, 15) is 4.79 Å². The number of anilines is 1. The Morgan fingerprint density at radius 2 is 2.25 bits per heavy atom. The fourth-order valence-electron chi connectivity index (χ4n) is 2.53. The summed E-state index contributed by atoms with van der Waals surface area (Å²) >= 11 is 0. The summed E-state index contributed by atoms with van der Waals surface area (Å²) in [5.41, 5.74) is 0.768. The van der Waals surface area contributed by atoms with Crippen LogP contribution < -0.4 is 10.6 Å². The van der Waals surface area contributed by atoms with Crippen LogP contribution in [-0.2, 0) is 4.74 Å². The number of carbonyl (C=O) groups is 1. The van der Waals surface area contributed by atoms with Crippen LogP contribution in [0.15, 0.2) is 18.2 Å². The van der Waals surface area contributed by atoms with Crippen molar-refractivity contribution in [1.82, 2.24) is 10.3 Å². The fraction of sp³-hybridized carbons (Fsp3) is 0.600. The molecule has 1 saturated heterocycles. The standard InChI is InChI=1S/C15H21N3O2/c1-10-15(2,8-9-20-10)18-14(19)17-13-5-3-4-12(16-13)11-6-7-11/h3-5,10-11H,6-9H2,1-2H3,(H2,16,17,18,19). The van der Waals surface area contributed by atoms with Crippen molar-refractivity contribution < 1.29 is 9.53 Å². The van der Waals surface area contributed by atoms with E-state index in [1.165, 1.54) is 12.8 Å². The Balaban J connectivity index is 1.62. The predicted octanol–water partition coefficient (Wildman–Crippen LogP) is 2.65. The first kappa shape index (κ1) is 13.4. The second-order valence-electron chi connectivity index (χ2n) is 5.98. The number of aromatic nitrogens is 1. The molecule has 2 fully saturated rings. The largest absolute Gasteiger partial charge is 0.376 e. The molecule has 2 amide bonds. The zero-order valence-corrected chi connectivity index (χ0v) is 12.0. The summed E-state index contributed by atoms with van der Waals surface area (Å²) in [6.07, 6.45) is 3.27. The summed E-state index contributed by atoms with van der Waals surface area (Å²) in [6, 6.07) is 5.57. The van der Waals surface area contributed by atoms with Crippen LogP contribution in [0.1, 0.15) is 44.7 Å². The molecule has 20 heavy (non-hydrogen) atoms. The van der Waals surface area contributed by atoms with Gasteiger partial charge >= 0.3 is 6.03 Å². The molecule has 2 atom stereocenters. The van der Waals surface area contributed by atoms with E-state index in [1.54, 1.807) is 0 Å². The zero-order valence-electron chi connectivity index (χ0n) is 12.0. The fourth-order valence-corrected chi connectivity index (χ4v) is 2.53. The monoisotopic (exact) mass is 275 g/mol. The lowest BCUT2D eigenvalue weighted by Crippen LogP contribution is -2.52. The van der Waals surface area contributed by atoms with E-state index in [-0.39, 0.29) is 17.7 Å². The smallest absolute Gasteiger partial charge is 0.320 e. The third-order valence-corrected chi connectivity index (χ3v) is 4.29. The topological polar surface area (TPSA) is 63.2 Å². The van der Waals surface area contributed by atoms with Gasteiger partial charge in [-0.25, -0.2) is 9.78 Å². The lowest BCUT2D eigenvalue weighted by molar-refractivity contribution is 0.0920. The number of rotatable bonds is 3. The molecule has 2 unspecified atom stereocenters.